The average Bonchev–Trinajstić information content (AvgIpc) is 2.71. The summed E-state index contributed by atoms with van der Waals surface area (Å²) in [5.41, 5.74) is 0. The first kappa shape index (κ1) is 21.2. The fourth-order valence-corrected chi connectivity index (χ4v) is 4.70. The van der Waals surface area contributed by atoms with Crippen molar-refractivity contribution in [3.05, 3.63) is 11.2 Å². The minimum atomic E-state index is 0.117. The molecular weight excluding hydrogens is 398 g/mol. The summed E-state index contributed by atoms with van der Waals surface area (Å²) in [6.07, 6.45) is 3.89. The zero-order valence-corrected chi connectivity index (χ0v) is 18.1. The van der Waals surface area contributed by atoms with E-state index >= 15 is 0 Å². The molecule has 0 aliphatic carbocycles. The van der Waals surface area contributed by atoms with Gasteiger partial charge in [0, 0.05) is 51.3 Å². The molecule has 0 unspecified atom stereocenters. The largest absolute Gasteiger partial charge is 0.353 e. The van der Waals surface area contributed by atoms with Crippen molar-refractivity contribution in [3.63, 3.8) is 0 Å². The molecule has 0 N–H and O–H groups in total. The molecule has 7 nitrogen and oxygen atoms in total. The summed E-state index contributed by atoms with van der Waals surface area (Å²) in [7, 11) is 0. The maximum Gasteiger partial charge on any atom is 0.233 e. The Bertz CT molecular complexity index is 714. The highest BCUT2D eigenvalue weighted by Crippen LogP contribution is 2.24. The zero-order valence-electron chi connectivity index (χ0n) is 16.6. The Morgan fingerprint density at radius 3 is 2.57 bits per heavy atom. The third-order valence-corrected chi connectivity index (χ3v) is 6.29. The Hall–Kier alpha value is -1.54. The van der Waals surface area contributed by atoms with Crippen LogP contribution in [0.3, 0.4) is 0 Å². The second-order valence-corrected chi connectivity index (χ2v) is 8.63. The number of likely N-dealkylation sites (tertiary alicyclic amines) is 1. The second kappa shape index (κ2) is 9.78. The molecular formula is C19H28ClN5O2S. The Labute approximate surface area is 175 Å². The molecule has 0 saturated carbocycles. The summed E-state index contributed by atoms with van der Waals surface area (Å²) >= 11 is 7.56. The number of amides is 2. The topological polar surface area (TPSA) is 69.6 Å². The van der Waals surface area contributed by atoms with Gasteiger partial charge in [-0.05, 0) is 26.2 Å². The molecule has 28 heavy (non-hydrogen) atoms. The molecule has 0 spiro atoms. The Kier molecular flexibility index (Phi) is 7.40. The SMILES string of the molecule is CCC(=O)N1CCN(c2cc(Cl)nc(SCC(=O)N3CCCCC3)n2)C[C@@H]1C. The highest BCUT2D eigenvalue weighted by atomic mass is 35.5. The maximum atomic E-state index is 12.4. The monoisotopic (exact) mass is 425 g/mol. The molecule has 2 saturated heterocycles. The van der Waals surface area contributed by atoms with Gasteiger partial charge in [-0.2, -0.15) is 0 Å². The summed E-state index contributed by atoms with van der Waals surface area (Å²) in [5, 5.41) is 0.894. The van der Waals surface area contributed by atoms with Gasteiger partial charge in [-0.25, -0.2) is 9.97 Å². The third kappa shape index (κ3) is 5.29. The molecule has 0 aromatic carbocycles. The molecule has 2 aliphatic rings. The van der Waals surface area contributed by atoms with E-state index in [9.17, 15) is 9.59 Å². The van der Waals surface area contributed by atoms with Crippen LogP contribution in [0.25, 0.3) is 0 Å². The van der Waals surface area contributed by atoms with Crippen LogP contribution >= 0.6 is 23.4 Å². The molecule has 1 aromatic heterocycles. The van der Waals surface area contributed by atoms with Gasteiger partial charge in [0.25, 0.3) is 0 Å². The van der Waals surface area contributed by atoms with Crippen LogP contribution in [0.1, 0.15) is 39.5 Å². The van der Waals surface area contributed by atoms with Gasteiger partial charge >= 0.3 is 0 Å². The summed E-state index contributed by atoms with van der Waals surface area (Å²) in [4.78, 5) is 39.3. The Morgan fingerprint density at radius 1 is 1.14 bits per heavy atom. The molecule has 0 radical (unpaired) electrons. The number of hydrogen-bond donors (Lipinski definition) is 0. The summed E-state index contributed by atoms with van der Waals surface area (Å²) < 4.78 is 0. The number of rotatable bonds is 5. The van der Waals surface area contributed by atoms with Gasteiger partial charge in [0.05, 0.1) is 5.75 Å². The lowest BCUT2D eigenvalue weighted by Crippen LogP contribution is -2.54. The predicted molar refractivity (Wildman–Crippen MR) is 112 cm³/mol. The van der Waals surface area contributed by atoms with Crippen LogP contribution in [0.15, 0.2) is 11.2 Å². The second-order valence-electron chi connectivity index (χ2n) is 7.30. The van der Waals surface area contributed by atoms with Crippen molar-refractivity contribution in [2.75, 3.05) is 43.4 Å². The first-order valence-electron chi connectivity index (χ1n) is 9.97. The molecule has 2 amide bonds. The standard InChI is InChI=1S/C19H28ClN5O2S/c1-3-17(26)25-10-9-24(12-14(25)2)16-11-15(20)21-19(22-16)28-13-18(27)23-7-5-4-6-8-23/h11,14H,3-10,12-13H2,1-2H3/t14-/m0/s1. The number of thioether (sulfide) groups is 1. The van der Waals surface area contributed by atoms with Crippen LogP contribution < -0.4 is 4.90 Å². The lowest BCUT2D eigenvalue weighted by atomic mass is 10.1. The lowest BCUT2D eigenvalue weighted by molar-refractivity contribution is -0.133. The van der Waals surface area contributed by atoms with E-state index in [1.807, 2.05) is 16.7 Å². The number of aromatic nitrogens is 2. The van der Waals surface area contributed by atoms with Gasteiger partial charge in [-0.15, -0.1) is 0 Å². The number of carbonyl (C=O) groups is 2. The quantitative estimate of drug-likeness (QED) is 0.410. The number of nitrogens with zero attached hydrogens (tertiary/aromatic N) is 5. The van der Waals surface area contributed by atoms with E-state index in [0.717, 1.165) is 31.7 Å². The van der Waals surface area contributed by atoms with Crippen molar-refractivity contribution in [2.45, 2.75) is 50.7 Å². The van der Waals surface area contributed by atoms with Crippen molar-refractivity contribution >= 4 is 41.0 Å². The molecule has 2 fully saturated rings. The number of piperazine rings is 1. The highest BCUT2D eigenvalue weighted by Gasteiger charge is 2.27. The maximum absolute atomic E-state index is 12.4. The van der Waals surface area contributed by atoms with Crippen LogP contribution in [0.5, 0.6) is 0 Å². The van der Waals surface area contributed by atoms with Crippen LogP contribution in [0, 0.1) is 0 Å². The fourth-order valence-electron chi connectivity index (χ4n) is 3.71. The highest BCUT2D eigenvalue weighted by molar-refractivity contribution is 7.99. The number of carbonyl (C=O) groups excluding carboxylic acids is 2. The van der Waals surface area contributed by atoms with Gasteiger partial charge in [-0.1, -0.05) is 30.3 Å². The van der Waals surface area contributed by atoms with E-state index in [1.165, 1.54) is 18.2 Å². The average molecular weight is 426 g/mol. The van der Waals surface area contributed by atoms with E-state index in [4.69, 9.17) is 11.6 Å². The van der Waals surface area contributed by atoms with Crippen LogP contribution in [0.2, 0.25) is 5.15 Å². The van der Waals surface area contributed by atoms with E-state index < -0.39 is 0 Å². The third-order valence-electron chi connectivity index (χ3n) is 5.27. The van der Waals surface area contributed by atoms with Crippen molar-refractivity contribution in [1.29, 1.82) is 0 Å². The van der Waals surface area contributed by atoms with Crippen LogP contribution in [0.4, 0.5) is 5.82 Å². The molecule has 2 aliphatic heterocycles. The summed E-state index contributed by atoms with van der Waals surface area (Å²) in [5.74, 6) is 1.40. The Balaban J connectivity index is 1.61. The predicted octanol–water partition coefficient (Wildman–Crippen LogP) is 2.68. The van der Waals surface area contributed by atoms with E-state index in [0.29, 0.717) is 42.1 Å². The van der Waals surface area contributed by atoms with Crippen molar-refractivity contribution < 1.29 is 9.59 Å². The fraction of sp³-hybridized carbons (Fsp3) is 0.684. The summed E-state index contributed by atoms with van der Waals surface area (Å²) in [6, 6.07) is 1.87. The minimum absolute atomic E-state index is 0.117. The first-order chi connectivity index (χ1) is 13.5. The normalized spacial score (nSPS) is 20.4. The molecule has 1 atom stereocenters. The lowest BCUT2D eigenvalue weighted by Gasteiger charge is -2.40. The number of hydrogen-bond acceptors (Lipinski definition) is 6. The van der Waals surface area contributed by atoms with E-state index in [1.54, 1.807) is 6.07 Å². The van der Waals surface area contributed by atoms with Gasteiger partial charge < -0.3 is 14.7 Å². The number of halogens is 1. The number of piperidine rings is 1. The Morgan fingerprint density at radius 2 is 1.89 bits per heavy atom. The van der Waals surface area contributed by atoms with Gasteiger partial charge in [0.1, 0.15) is 11.0 Å². The van der Waals surface area contributed by atoms with Gasteiger partial charge in [0.2, 0.25) is 11.8 Å². The van der Waals surface area contributed by atoms with Crippen molar-refractivity contribution in [2.24, 2.45) is 0 Å². The summed E-state index contributed by atoms with van der Waals surface area (Å²) in [6.45, 7) is 7.72. The van der Waals surface area contributed by atoms with Crippen LogP contribution in [-0.2, 0) is 9.59 Å². The first-order valence-corrected chi connectivity index (χ1v) is 11.3. The van der Waals surface area contributed by atoms with Crippen molar-refractivity contribution in [3.8, 4) is 0 Å². The zero-order chi connectivity index (χ0) is 20.1. The molecule has 1 aromatic rings. The number of anilines is 1. The van der Waals surface area contributed by atoms with Gasteiger partial charge in [-0.3, -0.25) is 9.59 Å². The van der Waals surface area contributed by atoms with Crippen LogP contribution in [-0.4, -0.2) is 76.1 Å². The van der Waals surface area contributed by atoms with E-state index in [2.05, 4.69) is 21.8 Å². The van der Waals surface area contributed by atoms with E-state index in [-0.39, 0.29) is 17.9 Å². The molecule has 9 heteroatoms. The molecule has 154 valence electrons. The molecule has 3 heterocycles. The molecule has 0 bridgehead atoms. The smallest absolute Gasteiger partial charge is 0.233 e. The van der Waals surface area contributed by atoms with Gasteiger partial charge in [0.15, 0.2) is 5.16 Å². The minimum Gasteiger partial charge on any atom is -0.353 e. The molecule has 3 rings (SSSR count). The van der Waals surface area contributed by atoms with Crippen molar-refractivity contribution in [1.82, 2.24) is 19.8 Å².